The lowest BCUT2D eigenvalue weighted by atomic mass is 10.2. The zero-order chi connectivity index (χ0) is 16.2. The summed E-state index contributed by atoms with van der Waals surface area (Å²) in [4.78, 5) is 17.7. The topological polar surface area (TPSA) is 63.2 Å². The quantitative estimate of drug-likeness (QED) is 0.272. The molecule has 1 aliphatic carbocycles. The lowest BCUT2D eigenvalue weighted by Crippen LogP contribution is -2.40. The van der Waals surface area contributed by atoms with Gasteiger partial charge in [0.2, 0.25) is 0 Å². The van der Waals surface area contributed by atoms with Crippen LogP contribution in [0.25, 0.3) is 0 Å². The van der Waals surface area contributed by atoms with E-state index in [1.165, 1.54) is 20.0 Å². The van der Waals surface area contributed by atoms with Crippen molar-refractivity contribution in [2.45, 2.75) is 39.0 Å². The Bertz CT molecular complexity index is 344. The summed E-state index contributed by atoms with van der Waals surface area (Å²) in [6, 6.07) is 0. The van der Waals surface area contributed by atoms with Crippen LogP contribution in [0.2, 0.25) is 0 Å². The third-order valence-corrected chi connectivity index (χ3v) is 3.60. The molecule has 0 aromatic carbocycles. The average Bonchev–Trinajstić information content (AvgIpc) is 3.33. The van der Waals surface area contributed by atoms with E-state index in [1.54, 1.807) is 0 Å². The molecule has 0 saturated heterocycles. The molecule has 22 heavy (non-hydrogen) atoms. The summed E-state index contributed by atoms with van der Waals surface area (Å²) in [5, 5.41) is 3.28. The number of rotatable bonds is 11. The third kappa shape index (κ3) is 8.87. The van der Waals surface area contributed by atoms with Crippen LogP contribution < -0.4 is 5.32 Å². The zero-order valence-electron chi connectivity index (χ0n) is 14.3. The van der Waals surface area contributed by atoms with Gasteiger partial charge in [0.25, 0.3) is 0 Å². The highest BCUT2D eigenvalue weighted by molar-refractivity contribution is 5.79. The van der Waals surface area contributed by atoms with E-state index in [2.05, 4.69) is 26.9 Å². The van der Waals surface area contributed by atoms with Gasteiger partial charge in [-0.1, -0.05) is 0 Å². The Morgan fingerprint density at radius 1 is 1.36 bits per heavy atom. The van der Waals surface area contributed by atoms with E-state index in [-0.39, 0.29) is 5.97 Å². The molecule has 1 N–H and O–H groups in total. The summed E-state index contributed by atoms with van der Waals surface area (Å²) in [6.07, 6.45) is 4.81. The van der Waals surface area contributed by atoms with E-state index in [0.29, 0.717) is 13.0 Å². The first kappa shape index (κ1) is 18.7. The van der Waals surface area contributed by atoms with Gasteiger partial charge in [-0.15, -0.1) is 0 Å². The van der Waals surface area contributed by atoms with Crippen molar-refractivity contribution < 1.29 is 14.3 Å². The summed E-state index contributed by atoms with van der Waals surface area (Å²) >= 11 is 0. The molecule has 0 bridgehead atoms. The van der Waals surface area contributed by atoms with Crippen LogP contribution in [0.1, 0.15) is 39.0 Å². The van der Waals surface area contributed by atoms with Crippen molar-refractivity contribution >= 4 is 11.9 Å². The number of unbranched alkanes of at least 4 members (excludes halogenated alkanes) is 1. The molecule has 0 unspecified atom stereocenters. The molecule has 0 amide bonds. The van der Waals surface area contributed by atoms with E-state index in [1.807, 2.05) is 7.05 Å². The number of carbonyl (C=O) groups excluding carboxylic acids is 1. The van der Waals surface area contributed by atoms with Gasteiger partial charge in [-0.2, -0.15) is 0 Å². The minimum atomic E-state index is -0.152. The molecule has 0 spiro atoms. The predicted molar refractivity (Wildman–Crippen MR) is 88.0 cm³/mol. The van der Waals surface area contributed by atoms with Gasteiger partial charge in [-0.25, -0.2) is 0 Å². The van der Waals surface area contributed by atoms with E-state index < -0.39 is 0 Å². The van der Waals surface area contributed by atoms with Gasteiger partial charge in [-0.05, 0) is 38.5 Å². The fourth-order valence-corrected chi connectivity index (χ4v) is 1.98. The number of carbonyl (C=O) groups is 1. The second-order valence-corrected chi connectivity index (χ2v) is 5.71. The average molecular weight is 313 g/mol. The number of hydrogen-bond donors (Lipinski definition) is 1. The number of nitrogens with zero attached hydrogens (tertiary/aromatic N) is 2. The van der Waals surface area contributed by atoms with Crippen LogP contribution in [0.15, 0.2) is 4.99 Å². The molecule has 6 nitrogen and oxygen atoms in total. The molecule has 0 heterocycles. The van der Waals surface area contributed by atoms with Crippen LogP contribution in [0.4, 0.5) is 0 Å². The fraction of sp³-hybridized carbons (Fsp3) is 0.875. The number of hydrogen-bond acceptors (Lipinski definition) is 4. The van der Waals surface area contributed by atoms with Gasteiger partial charge >= 0.3 is 5.97 Å². The molecular weight excluding hydrogens is 282 g/mol. The first-order chi connectivity index (χ1) is 10.7. The molecule has 1 rings (SSSR count). The van der Waals surface area contributed by atoms with E-state index in [0.717, 1.165) is 51.0 Å². The minimum absolute atomic E-state index is 0.152. The Balaban J connectivity index is 2.18. The van der Waals surface area contributed by atoms with E-state index in [9.17, 15) is 4.79 Å². The Morgan fingerprint density at radius 2 is 2.14 bits per heavy atom. The first-order valence-corrected chi connectivity index (χ1v) is 8.31. The highest BCUT2D eigenvalue weighted by Gasteiger charge is 2.21. The van der Waals surface area contributed by atoms with Crippen LogP contribution >= 0.6 is 0 Å². The molecule has 1 fully saturated rings. The molecule has 0 atom stereocenters. The maximum atomic E-state index is 11.0. The number of aliphatic imine (C=N–C) groups is 1. The number of likely N-dealkylation sites (N-methyl/N-ethyl adjacent to an activating group) is 1. The van der Waals surface area contributed by atoms with Gasteiger partial charge in [-0.3, -0.25) is 9.79 Å². The summed E-state index contributed by atoms with van der Waals surface area (Å²) in [5.41, 5.74) is 0. The maximum absolute atomic E-state index is 11.0. The van der Waals surface area contributed by atoms with Gasteiger partial charge < -0.3 is 19.7 Å². The highest BCUT2D eigenvalue weighted by atomic mass is 16.5. The Hall–Kier alpha value is -1.30. The van der Waals surface area contributed by atoms with Gasteiger partial charge in [0.05, 0.1) is 13.7 Å². The molecule has 1 aliphatic rings. The highest BCUT2D eigenvalue weighted by Crippen LogP contribution is 2.28. The van der Waals surface area contributed by atoms with Gasteiger partial charge in [0, 0.05) is 39.7 Å². The molecule has 128 valence electrons. The molecule has 1 saturated carbocycles. The van der Waals surface area contributed by atoms with E-state index in [4.69, 9.17) is 4.74 Å². The standard InChI is InChI=1S/C16H31N3O3/c1-4-17-16(18-10-6-5-7-15(20)21-3)19(2)11-12-22-13-14-8-9-14/h14H,4-13H2,1-3H3,(H,17,18). The Morgan fingerprint density at radius 3 is 2.77 bits per heavy atom. The monoisotopic (exact) mass is 313 g/mol. The maximum Gasteiger partial charge on any atom is 0.305 e. The molecule has 0 radical (unpaired) electrons. The smallest absolute Gasteiger partial charge is 0.305 e. The zero-order valence-corrected chi connectivity index (χ0v) is 14.3. The lowest BCUT2D eigenvalue weighted by Gasteiger charge is -2.22. The number of ether oxygens (including phenoxy) is 2. The number of nitrogens with one attached hydrogen (secondary N) is 1. The Kier molecular flexibility index (Phi) is 9.62. The summed E-state index contributed by atoms with van der Waals surface area (Å²) in [5.74, 6) is 1.55. The third-order valence-electron chi connectivity index (χ3n) is 3.60. The molecule has 6 heteroatoms. The lowest BCUT2D eigenvalue weighted by molar-refractivity contribution is -0.140. The molecular formula is C16H31N3O3. The summed E-state index contributed by atoms with van der Waals surface area (Å²) < 4.78 is 10.3. The Labute approximate surface area is 134 Å². The first-order valence-electron chi connectivity index (χ1n) is 8.31. The molecule has 0 aromatic heterocycles. The van der Waals surface area contributed by atoms with Crippen molar-refractivity contribution in [2.24, 2.45) is 10.9 Å². The number of esters is 1. The summed E-state index contributed by atoms with van der Waals surface area (Å²) in [6.45, 7) is 6.08. The largest absolute Gasteiger partial charge is 0.469 e. The van der Waals surface area contributed by atoms with E-state index >= 15 is 0 Å². The van der Waals surface area contributed by atoms with Crippen LogP contribution in [0.5, 0.6) is 0 Å². The van der Waals surface area contributed by atoms with Crippen LogP contribution in [-0.4, -0.2) is 63.8 Å². The van der Waals surface area contributed by atoms with Crippen molar-refractivity contribution in [3.63, 3.8) is 0 Å². The van der Waals surface area contributed by atoms with Crippen molar-refractivity contribution in [2.75, 3.05) is 47.0 Å². The van der Waals surface area contributed by atoms with Crippen molar-refractivity contribution in [1.29, 1.82) is 0 Å². The van der Waals surface area contributed by atoms with Crippen molar-refractivity contribution in [3.05, 3.63) is 0 Å². The SMILES string of the molecule is CCNC(=NCCCCC(=O)OC)N(C)CCOCC1CC1. The second-order valence-electron chi connectivity index (χ2n) is 5.71. The number of methoxy groups -OCH3 is 1. The van der Waals surface area contributed by atoms with Crippen LogP contribution in [0, 0.1) is 5.92 Å². The van der Waals surface area contributed by atoms with Crippen LogP contribution in [0.3, 0.4) is 0 Å². The normalized spacial score (nSPS) is 14.8. The predicted octanol–water partition coefficient (Wildman–Crippen LogP) is 1.65. The molecule has 0 aliphatic heterocycles. The van der Waals surface area contributed by atoms with Crippen LogP contribution in [-0.2, 0) is 14.3 Å². The second kappa shape index (κ2) is 11.3. The summed E-state index contributed by atoms with van der Waals surface area (Å²) in [7, 11) is 3.44. The minimum Gasteiger partial charge on any atom is -0.469 e. The van der Waals surface area contributed by atoms with Gasteiger partial charge in [0.1, 0.15) is 0 Å². The fourth-order valence-electron chi connectivity index (χ4n) is 1.98. The van der Waals surface area contributed by atoms with Crippen molar-refractivity contribution in [3.8, 4) is 0 Å². The van der Waals surface area contributed by atoms with Crippen molar-refractivity contribution in [1.82, 2.24) is 10.2 Å². The van der Waals surface area contributed by atoms with Gasteiger partial charge in [0.15, 0.2) is 5.96 Å². The number of guanidine groups is 1. The molecule has 0 aromatic rings.